The van der Waals surface area contributed by atoms with Crippen LogP contribution < -0.4 is 9.62 Å². The molecule has 6 nitrogen and oxygen atoms in total. The number of thioether (sulfide) groups is 1. The number of carbonyl (C=O) groups excluding carboxylic acids is 1. The third-order valence-corrected chi connectivity index (χ3v) is 7.73. The molecule has 0 aliphatic rings. The molecule has 0 fully saturated rings. The summed E-state index contributed by atoms with van der Waals surface area (Å²) < 4.78 is 33.3. The number of furan rings is 1. The van der Waals surface area contributed by atoms with Gasteiger partial charge in [0.2, 0.25) is 5.91 Å². The Morgan fingerprint density at radius 3 is 2.47 bits per heavy atom. The highest BCUT2D eigenvalue weighted by Gasteiger charge is 2.28. The van der Waals surface area contributed by atoms with E-state index in [-0.39, 0.29) is 17.3 Å². The van der Waals surface area contributed by atoms with Gasteiger partial charge in [0, 0.05) is 6.54 Å². The van der Waals surface area contributed by atoms with Crippen LogP contribution in [0.15, 0.2) is 76.2 Å². The lowest BCUT2D eigenvalue weighted by Gasteiger charge is -2.25. The van der Waals surface area contributed by atoms with E-state index in [1.54, 1.807) is 54.4 Å². The van der Waals surface area contributed by atoms with E-state index in [4.69, 9.17) is 4.42 Å². The van der Waals surface area contributed by atoms with Gasteiger partial charge in [0.1, 0.15) is 12.3 Å². The maximum Gasteiger partial charge on any atom is 0.264 e. The van der Waals surface area contributed by atoms with Gasteiger partial charge in [-0.15, -0.1) is 0 Å². The number of carbonyl (C=O) groups is 1. The first-order valence-corrected chi connectivity index (χ1v) is 13.0. The van der Waals surface area contributed by atoms with Crippen molar-refractivity contribution >= 4 is 33.4 Å². The van der Waals surface area contributed by atoms with E-state index >= 15 is 0 Å². The molecule has 0 atom stereocenters. The largest absolute Gasteiger partial charge is 0.468 e. The van der Waals surface area contributed by atoms with Crippen molar-refractivity contribution in [2.75, 3.05) is 23.1 Å². The molecule has 0 saturated carbocycles. The van der Waals surface area contributed by atoms with Crippen LogP contribution in [0, 0.1) is 13.8 Å². The number of sulfonamides is 1. The van der Waals surface area contributed by atoms with Crippen molar-refractivity contribution in [1.82, 2.24) is 5.32 Å². The number of amides is 1. The average Bonchev–Trinajstić information content (AvgIpc) is 3.29. The Morgan fingerprint density at radius 2 is 1.78 bits per heavy atom. The molecule has 1 N–H and O–H groups in total. The molecule has 1 heterocycles. The smallest absolute Gasteiger partial charge is 0.264 e. The second-order valence-corrected chi connectivity index (χ2v) is 10.4. The first kappa shape index (κ1) is 23.9. The van der Waals surface area contributed by atoms with E-state index < -0.39 is 10.0 Å². The van der Waals surface area contributed by atoms with Crippen molar-refractivity contribution in [1.29, 1.82) is 0 Å². The molecule has 32 heavy (non-hydrogen) atoms. The van der Waals surface area contributed by atoms with Gasteiger partial charge in [-0.3, -0.25) is 9.10 Å². The third-order valence-electron chi connectivity index (χ3n) is 4.89. The number of rotatable bonds is 11. The maximum atomic E-state index is 13.4. The van der Waals surface area contributed by atoms with Gasteiger partial charge in [-0.05, 0) is 61.9 Å². The molecule has 0 aliphatic heterocycles. The second-order valence-electron chi connectivity index (χ2n) is 7.45. The minimum atomic E-state index is -3.89. The van der Waals surface area contributed by atoms with Crippen LogP contribution in [0.1, 0.15) is 23.3 Å². The number of hydrogen-bond donors (Lipinski definition) is 1. The summed E-state index contributed by atoms with van der Waals surface area (Å²) in [5, 5.41) is 2.85. The van der Waals surface area contributed by atoms with Crippen LogP contribution in [-0.2, 0) is 20.6 Å². The molecular formula is C24H28N2O4S2. The van der Waals surface area contributed by atoms with E-state index in [1.165, 1.54) is 4.31 Å². The van der Waals surface area contributed by atoms with Crippen molar-refractivity contribution in [3.63, 3.8) is 0 Å². The SMILES string of the molecule is Cc1ccc(S(=O)(=O)N(CC(=O)NCCCSCc2ccco2)c2ccccc2C)cc1. The Labute approximate surface area is 194 Å². The topological polar surface area (TPSA) is 79.6 Å². The molecule has 2 aromatic carbocycles. The molecule has 1 amide bonds. The van der Waals surface area contributed by atoms with Crippen molar-refractivity contribution < 1.29 is 17.6 Å². The predicted octanol–water partition coefficient (Wildman–Crippen LogP) is 4.53. The van der Waals surface area contributed by atoms with Crippen molar-refractivity contribution in [3.8, 4) is 0 Å². The zero-order valence-corrected chi connectivity index (χ0v) is 19.9. The van der Waals surface area contributed by atoms with E-state index in [0.717, 1.165) is 34.8 Å². The van der Waals surface area contributed by atoms with Gasteiger partial charge in [-0.25, -0.2) is 8.42 Å². The fourth-order valence-corrected chi connectivity index (χ4v) is 5.48. The lowest BCUT2D eigenvalue weighted by molar-refractivity contribution is -0.119. The lowest BCUT2D eigenvalue weighted by atomic mass is 10.2. The summed E-state index contributed by atoms with van der Waals surface area (Å²) in [5.41, 5.74) is 2.25. The average molecular weight is 473 g/mol. The molecule has 0 saturated heterocycles. The highest BCUT2D eigenvalue weighted by molar-refractivity contribution is 7.98. The monoisotopic (exact) mass is 472 g/mol. The highest BCUT2D eigenvalue weighted by atomic mass is 32.2. The van der Waals surface area contributed by atoms with Crippen LogP contribution >= 0.6 is 11.8 Å². The molecule has 0 bridgehead atoms. The van der Waals surface area contributed by atoms with Gasteiger partial charge in [-0.1, -0.05) is 35.9 Å². The summed E-state index contributed by atoms with van der Waals surface area (Å²) in [4.78, 5) is 12.8. The van der Waals surface area contributed by atoms with Crippen LogP contribution in [0.5, 0.6) is 0 Å². The van der Waals surface area contributed by atoms with E-state index in [1.807, 2.05) is 38.1 Å². The van der Waals surface area contributed by atoms with Crippen LogP contribution in [-0.4, -0.2) is 33.2 Å². The second kappa shape index (κ2) is 11.2. The minimum Gasteiger partial charge on any atom is -0.468 e. The van der Waals surface area contributed by atoms with E-state index in [2.05, 4.69) is 5.32 Å². The Kier molecular flexibility index (Phi) is 8.41. The van der Waals surface area contributed by atoms with Gasteiger partial charge in [0.15, 0.2) is 0 Å². The van der Waals surface area contributed by atoms with Crippen LogP contribution in [0.4, 0.5) is 5.69 Å². The fourth-order valence-electron chi connectivity index (χ4n) is 3.14. The number of anilines is 1. The molecule has 3 rings (SSSR count). The molecule has 8 heteroatoms. The maximum absolute atomic E-state index is 13.4. The first-order valence-electron chi connectivity index (χ1n) is 10.4. The summed E-state index contributed by atoms with van der Waals surface area (Å²) in [5.74, 6) is 2.25. The molecule has 3 aromatic rings. The normalized spacial score (nSPS) is 11.3. The number of aryl methyl sites for hydroxylation is 2. The molecule has 0 aliphatic carbocycles. The number of nitrogens with one attached hydrogen (secondary N) is 1. The summed E-state index contributed by atoms with van der Waals surface area (Å²) >= 11 is 1.73. The van der Waals surface area contributed by atoms with Gasteiger partial charge < -0.3 is 9.73 Å². The molecule has 0 unspecified atom stereocenters. The predicted molar refractivity (Wildman–Crippen MR) is 129 cm³/mol. The number of benzene rings is 2. The van der Waals surface area contributed by atoms with Gasteiger partial charge in [0.25, 0.3) is 10.0 Å². The lowest BCUT2D eigenvalue weighted by Crippen LogP contribution is -2.41. The van der Waals surface area contributed by atoms with Crippen LogP contribution in [0.25, 0.3) is 0 Å². The molecular weight excluding hydrogens is 444 g/mol. The van der Waals surface area contributed by atoms with Gasteiger partial charge >= 0.3 is 0 Å². The first-order chi connectivity index (χ1) is 15.4. The Hall–Kier alpha value is -2.71. The third kappa shape index (κ3) is 6.40. The summed E-state index contributed by atoms with van der Waals surface area (Å²) in [6.07, 6.45) is 2.44. The number of hydrogen-bond acceptors (Lipinski definition) is 5. The van der Waals surface area contributed by atoms with Crippen molar-refractivity contribution in [2.24, 2.45) is 0 Å². The van der Waals surface area contributed by atoms with E-state index in [0.29, 0.717) is 12.2 Å². The standard InChI is InChI=1S/C24H28N2O4S2/c1-19-10-12-22(13-11-19)32(28,29)26(23-9-4-3-7-20(23)2)17-24(27)25-14-6-16-31-18-21-8-5-15-30-21/h3-5,7-13,15H,6,14,16-18H2,1-2H3,(H,25,27). The molecule has 170 valence electrons. The van der Waals surface area contributed by atoms with E-state index in [9.17, 15) is 13.2 Å². The zero-order valence-electron chi connectivity index (χ0n) is 18.3. The number of nitrogens with zero attached hydrogens (tertiary/aromatic N) is 1. The van der Waals surface area contributed by atoms with Crippen LogP contribution in [0.2, 0.25) is 0 Å². The zero-order chi connectivity index (χ0) is 23.0. The Morgan fingerprint density at radius 1 is 1.03 bits per heavy atom. The number of para-hydroxylation sites is 1. The van der Waals surface area contributed by atoms with Crippen molar-refractivity contribution in [3.05, 3.63) is 83.8 Å². The van der Waals surface area contributed by atoms with Crippen LogP contribution in [0.3, 0.4) is 0 Å². The fraction of sp³-hybridized carbons (Fsp3) is 0.292. The van der Waals surface area contributed by atoms with Gasteiger partial charge in [-0.2, -0.15) is 11.8 Å². The summed E-state index contributed by atoms with van der Waals surface area (Å²) in [7, 11) is -3.89. The molecule has 1 aromatic heterocycles. The molecule has 0 radical (unpaired) electrons. The van der Waals surface area contributed by atoms with Gasteiger partial charge in [0.05, 0.1) is 22.6 Å². The molecule has 0 spiro atoms. The Balaban J connectivity index is 1.63. The quantitative estimate of drug-likeness (QED) is 0.415. The highest BCUT2D eigenvalue weighted by Crippen LogP contribution is 2.26. The summed E-state index contributed by atoms with van der Waals surface area (Å²) in [6.45, 7) is 3.94. The Bertz CT molecular complexity index is 1110. The van der Waals surface area contributed by atoms with Crippen molar-refractivity contribution in [2.45, 2.75) is 30.9 Å². The summed E-state index contributed by atoms with van der Waals surface area (Å²) in [6, 6.07) is 17.6. The minimum absolute atomic E-state index is 0.161.